The molecular formula is C12H18FNO6. The number of carboxylic acids is 1. The van der Waals surface area contributed by atoms with Crippen LogP contribution in [0.15, 0.2) is 12.7 Å². The van der Waals surface area contributed by atoms with Gasteiger partial charge in [0.1, 0.15) is 19.8 Å². The predicted octanol–water partition coefficient (Wildman–Crippen LogP) is 0.987. The van der Waals surface area contributed by atoms with Crippen LogP contribution in [0.1, 0.15) is 12.8 Å². The van der Waals surface area contributed by atoms with Gasteiger partial charge in [-0.05, 0) is 6.42 Å². The smallest absolute Gasteiger partial charge is 0.410 e. The lowest BCUT2D eigenvalue weighted by atomic mass is 10.1. The zero-order chi connectivity index (χ0) is 15.5. The zero-order valence-corrected chi connectivity index (χ0v) is 11.2. The van der Waals surface area contributed by atoms with Gasteiger partial charge in [-0.15, -0.1) is 0 Å². The molecule has 0 spiro atoms. The number of carboxylic acid groups (broad SMARTS) is 1. The van der Waals surface area contributed by atoms with Crippen molar-refractivity contribution in [3.8, 4) is 0 Å². The van der Waals surface area contributed by atoms with Crippen LogP contribution in [0.25, 0.3) is 0 Å². The molecule has 0 aliphatic rings. The third-order valence-electron chi connectivity index (χ3n) is 2.40. The van der Waals surface area contributed by atoms with Crippen molar-refractivity contribution in [2.75, 3.05) is 26.9 Å². The van der Waals surface area contributed by atoms with E-state index in [1.54, 1.807) is 0 Å². The summed E-state index contributed by atoms with van der Waals surface area (Å²) in [5.74, 6) is -1.88. The second-order valence-electron chi connectivity index (χ2n) is 3.81. The van der Waals surface area contributed by atoms with Gasteiger partial charge in [-0.1, -0.05) is 12.7 Å². The Morgan fingerprint density at radius 2 is 2.10 bits per heavy atom. The first-order chi connectivity index (χ1) is 9.46. The third-order valence-corrected chi connectivity index (χ3v) is 2.40. The number of hydrogen-bond donors (Lipinski definition) is 1. The minimum atomic E-state index is -1.12. The molecule has 114 valence electrons. The number of aliphatic carboxylic acids is 1. The lowest BCUT2D eigenvalue weighted by Crippen LogP contribution is -2.45. The van der Waals surface area contributed by atoms with E-state index in [0.717, 1.165) is 12.0 Å². The van der Waals surface area contributed by atoms with Crippen LogP contribution in [0.5, 0.6) is 0 Å². The monoisotopic (exact) mass is 291 g/mol. The van der Waals surface area contributed by atoms with Crippen LogP contribution in [-0.4, -0.2) is 61.0 Å². The summed E-state index contributed by atoms with van der Waals surface area (Å²) in [7, 11) is 1.12. The molecule has 0 saturated carbocycles. The Bertz CT molecular complexity index is 360. The fourth-order valence-corrected chi connectivity index (χ4v) is 1.37. The normalized spacial score (nSPS) is 11.3. The summed E-state index contributed by atoms with van der Waals surface area (Å²) in [6, 6.07) is -1.07. The van der Waals surface area contributed by atoms with Crippen molar-refractivity contribution in [3.05, 3.63) is 12.7 Å². The highest BCUT2D eigenvalue weighted by molar-refractivity contribution is 5.78. The second-order valence-corrected chi connectivity index (χ2v) is 3.81. The third kappa shape index (κ3) is 6.72. The van der Waals surface area contributed by atoms with E-state index in [1.807, 2.05) is 0 Å². The fourth-order valence-electron chi connectivity index (χ4n) is 1.37. The minimum Gasteiger partial charge on any atom is -0.481 e. The van der Waals surface area contributed by atoms with E-state index < -0.39 is 37.3 Å². The van der Waals surface area contributed by atoms with Crippen LogP contribution < -0.4 is 0 Å². The van der Waals surface area contributed by atoms with E-state index in [1.165, 1.54) is 6.08 Å². The summed E-state index contributed by atoms with van der Waals surface area (Å²) in [6.07, 6.45) is -0.0773. The first-order valence-electron chi connectivity index (χ1n) is 5.85. The summed E-state index contributed by atoms with van der Waals surface area (Å²) in [6.45, 7) is 1.75. The molecule has 0 fully saturated rings. The Balaban J connectivity index is 4.84. The van der Waals surface area contributed by atoms with E-state index in [4.69, 9.17) is 9.84 Å². The van der Waals surface area contributed by atoms with Gasteiger partial charge in [0.25, 0.3) is 0 Å². The van der Waals surface area contributed by atoms with Gasteiger partial charge in [-0.2, -0.15) is 0 Å². The van der Waals surface area contributed by atoms with E-state index >= 15 is 0 Å². The van der Waals surface area contributed by atoms with E-state index in [9.17, 15) is 18.8 Å². The summed E-state index contributed by atoms with van der Waals surface area (Å²) in [5, 5.41) is 8.59. The molecule has 8 heteroatoms. The zero-order valence-electron chi connectivity index (χ0n) is 11.2. The molecule has 0 aromatic heterocycles. The molecule has 0 radical (unpaired) electrons. The van der Waals surface area contributed by atoms with Gasteiger partial charge < -0.3 is 14.6 Å². The van der Waals surface area contributed by atoms with E-state index in [0.29, 0.717) is 0 Å². The number of carbonyl (C=O) groups is 3. The number of esters is 1. The molecule has 0 aliphatic carbocycles. The van der Waals surface area contributed by atoms with Gasteiger partial charge in [0.2, 0.25) is 0 Å². The fraction of sp³-hybridized carbons (Fsp3) is 0.583. The second kappa shape index (κ2) is 9.76. The average molecular weight is 291 g/mol. The molecule has 0 aliphatic heterocycles. The average Bonchev–Trinajstić information content (AvgIpc) is 2.43. The van der Waals surface area contributed by atoms with Crippen molar-refractivity contribution < 1.29 is 33.4 Å². The van der Waals surface area contributed by atoms with Gasteiger partial charge in [0.05, 0.1) is 13.2 Å². The van der Waals surface area contributed by atoms with Crippen LogP contribution >= 0.6 is 0 Å². The predicted molar refractivity (Wildman–Crippen MR) is 66.9 cm³/mol. The molecule has 0 saturated heterocycles. The number of rotatable bonds is 9. The Labute approximate surface area is 115 Å². The molecule has 0 aromatic carbocycles. The van der Waals surface area contributed by atoms with Gasteiger partial charge in [0, 0.05) is 6.42 Å². The molecule has 0 unspecified atom stereocenters. The number of alkyl halides is 1. The molecule has 1 amide bonds. The van der Waals surface area contributed by atoms with Crippen LogP contribution in [0.4, 0.5) is 9.18 Å². The Hall–Kier alpha value is -2.12. The SMILES string of the molecule is C=CCOC(=O)N(CC(=O)OC)[C@H](CF)CCC(=O)O. The molecule has 7 nitrogen and oxygen atoms in total. The Kier molecular flexibility index (Phi) is 8.73. The highest BCUT2D eigenvalue weighted by Gasteiger charge is 2.28. The van der Waals surface area contributed by atoms with Gasteiger partial charge >= 0.3 is 18.0 Å². The molecule has 1 N–H and O–H groups in total. The minimum absolute atomic E-state index is 0.103. The van der Waals surface area contributed by atoms with Crippen LogP contribution in [-0.2, 0) is 19.1 Å². The summed E-state index contributed by atoms with van der Waals surface area (Å²) in [4.78, 5) is 34.3. The maximum atomic E-state index is 13.0. The molecule has 0 rings (SSSR count). The van der Waals surface area contributed by atoms with Crippen molar-refractivity contribution in [2.24, 2.45) is 0 Å². The van der Waals surface area contributed by atoms with Crippen LogP contribution in [0, 0.1) is 0 Å². The number of hydrogen-bond acceptors (Lipinski definition) is 5. The van der Waals surface area contributed by atoms with Crippen LogP contribution in [0.3, 0.4) is 0 Å². The molecule has 0 aromatic rings. The van der Waals surface area contributed by atoms with Gasteiger partial charge in [-0.3, -0.25) is 14.5 Å². The van der Waals surface area contributed by atoms with Crippen molar-refractivity contribution in [3.63, 3.8) is 0 Å². The van der Waals surface area contributed by atoms with E-state index in [2.05, 4.69) is 11.3 Å². The molecule has 1 atom stereocenters. The first kappa shape index (κ1) is 17.9. The van der Waals surface area contributed by atoms with Crippen molar-refractivity contribution >= 4 is 18.0 Å². The van der Waals surface area contributed by atoms with Gasteiger partial charge in [0.15, 0.2) is 0 Å². The Morgan fingerprint density at radius 3 is 2.55 bits per heavy atom. The number of nitrogens with zero attached hydrogens (tertiary/aromatic N) is 1. The van der Waals surface area contributed by atoms with Gasteiger partial charge in [-0.25, -0.2) is 9.18 Å². The number of methoxy groups -OCH3 is 1. The first-order valence-corrected chi connectivity index (χ1v) is 5.85. The maximum Gasteiger partial charge on any atom is 0.410 e. The molecule has 0 bridgehead atoms. The summed E-state index contributed by atoms with van der Waals surface area (Å²) in [5.41, 5.74) is 0. The molecule has 20 heavy (non-hydrogen) atoms. The lowest BCUT2D eigenvalue weighted by molar-refractivity contribution is -0.142. The Morgan fingerprint density at radius 1 is 1.45 bits per heavy atom. The number of ether oxygens (including phenoxy) is 2. The highest BCUT2D eigenvalue weighted by atomic mass is 19.1. The quantitative estimate of drug-likeness (QED) is 0.503. The summed E-state index contributed by atoms with van der Waals surface area (Å²) >= 11 is 0. The molecule has 0 heterocycles. The maximum absolute atomic E-state index is 13.0. The standard InChI is InChI=1S/C12H18FNO6/c1-3-6-20-12(18)14(8-11(17)19-2)9(7-13)4-5-10(15)16/h3,9H,1,4-8H2,2H3,(H,15,16)/t9-/m0/s1. The van der Waals surface area contributed by atoms with Crippen molar-refractivity contribution in [2.45, 2.75) is 18.9 Å². The largest absolute Gasteiger partial charge is 0.481 e. The van der Waals surface area contributed by atoms with Crippen molar-refractivity contribution in [1.82, 2.24) is 4.90 Å². The summed E-state index contributed by atoms with van der Waals surface area (Å²) < 4.78 is 22.1. The van der Waals surface area contributed by atoms with Crippen LogP contribution in [0.2, 0.25) is 0 Å². The highest BCUT2D eigenvalue weighted by Crippen LogP contribution is 2.11. The van der Waals surface area contributed by atoms with E-state index in [-0.39, 0.29) is 19.4 Å². The lowest BCUT2D eigenvalue weighted by Gasteiger charge is -2.27. The van der Waals surface area contributed by atoms with Crippen molar-refractivity contribution in [1.29, 1.82) is 0 Å². The number of amides is 1. The number of halogens is 1. The topological polar surface area (TPSA) is 93.1 Å². The number of carbonyl (C=O) groups excluding carboxylic acids is 2. The molecular weight excluding hydrogens is 273 g/mol.